The largest absolute Gasteiger partial charge is 0.467 e. The highest BCUT2D eigenvalue weighted by molar-refractivity contribution is 5.79. The van der Waals surface area contributed by atoms with Crippen LogP contribution in [0.4, 0.5) is 13.2 Å². The van der Waals surface area contributed by atoms with E-state index in [1.54, 1.807) is 17.0 Å². The van der Waals surface area contributed by atoms with Crippen molar-refractivity contribution in [1.82, 2.24) is 19.6 Å². The quantitative estimate of drug-likeness (QED) is 0.630. The summed E-state index contributed by atoms with van der Waals surface area (Å²) in [6.07, 6.45) is -3.12. The second-order valence-corrected chi connectivity index (χ2v) is 7.49. The molecular weight excluding hydrogens is 405 g/mol. The summed E-state index contributed by atoms with van der Waals surface area (Å²) in [5.74, 6) is -0.238. The van der Waals surface area contributed by atoms with Crippen LogP contribution in [0.25, 0.3) is 0 Å². The van der Waals surface area contributed by atoms with Crippen LogP contribution in [0.1, 0.15) is 5.76 Å². The third-order valence-corrected chi connectivity index (χ3v) is 5.20. The molecule has 2 saturated heterocycles. The van der Waals surface area contributed by atoms with Crippen LogP contribution in [0.2, 0.25) is 0 Å². The Hall–Kier alpha value is -2.11. The molecule has 168 valence electrons. The van der Waals surface area contributed by atoms with Crippen LogP contribution in [0.5, 0.6) is 0 Å². The van der Waals surface area contributed by atoms with Crippen LogP contribution in [0.15, 0.2) is 22.8 Å². The van der Waals surface area contributed by atoms with Crippen LogP contribution in [0.3, 0.4) is 0 Å². The van der Waals surface area contributed by atoms with Crippen molar-refractivity contribution in [3.05, 3.63) is 24.2 Å². The molecule has 0 N–H and O–H groups in total. The zero-order valence-electron chi connectivity index (χ0n) is 16.8. The van der Waals surface area contributed by atoms with Crippen molar-refractivity contribution in [2.24, 2.45) is 0 Å². The second-order valence-electron chi connectivity index (χ2n) is 7.49. The van der Waals surface area contributed by atoms with Gasteiger partial charge in [-0.25, -0.2) is 0 Å². The number of alkyl halides is 3. The standard InChI is InChI=1S/C19H27F3N4O4/c20-19(21,22)15-26(12-16-2-1-9-30-16)18(28)14-24-5-3-23(4-6-24)13-17(27)25-7-10-29-11-8-25/h1-2,9H,3-8,10-15H2. The van der Waals surface area contributed by atoms with E-state index in [4.69, 9.17) is 9.15 Å². The monoisotopic (exact) mass is 432 g/mol. The van der Waals surface area contributed by atoms with E-state index in [0.717, 1.165) is 4.90 Å². The predicted molar refractivity (Wildman–Crippen MR) is 100 cm³/mol. The van der Waals surface area contributed by atoms with Crippen molar-refractivity contribution >= 4 is 11.8 Å². The SMILES string of the molecule is O=C(CN1CCN(CC(=O)N(Cc2ccco2)CC(F)(F)F)CC1)N1CCOCC1. The van der Waals surface area contributed by atoms with Crippen LogP contribution in [0, 0.1) is 0 Å². The predicted octanol–water partition coefficient (Wildman–Crippen LogP) is 0.647. The fourth-order valence-electron chi connectivity index (χ4n) is 3.54. The van der Waals surface area contributed by atoms with Gasteiger partial charge in [0.1, 0.15) is 12.3 Å². The molecule has 3 rings (SSSR count). The Morgan fingerprint density at radius 1 is 1.00 bits per heavy atom. The molecule has 11 heteroatoms. The first-order chi connectivity index (χ1) is 14.3. The topological polar surface area (TPSA) is 69.5 Å². The molecule has 8 nitrogen and oxygen atoms in total. The molecule has 1 aromatic heterocycles. The van der Waals surface area contributed by atoms with Crippen molar-refractivity contribution in [1.29, 1.82) is 0 Å². The first-order valence-electron chi connectivity index (χ1n) is 9.97. The highest BCUT2D eigenvalue weighted by atomic mass is 19.4. The van der Waals surface area contributed by atoms with Crippen LogP contribution in [-0.4, -0.2) is 110 Å². The maximum Gasteiger partial charge on any atom is 0.406 e. The summed E-state index contributed by atoms with van der Waals surface area (Å²) in [5, 5.41) is 0. The van der Waals surface area contributed by atoms with Gasteiger partial charge in [0.25, 0.3) is 0 Å². The number of rotatable bonds is 7. The molecule has 0 bridgehead atoms. The lowest BCUT2D eigenvalue weighted by atomic mass is 10.2. The van der Waals surface area contributed by atoms with Gasteiger partial charge in [-0.2, -0.15) is 13.2 Å². The average molecular weight is 432 g/mol. The van der Waals surface area contributed by atoms with E-state index >= 15 is 0 Å². The lowest BCUT2D eigenvalue weighted by molar-refractivity contribution is -0.163. The normalized spacial score (nSPS) is 19.1. The first-order valence-corrected chi connectivity index (χ1v) is 9.97. The van der Waals surface area contributed by atoms with Crippen molar-refractivity contribution in [3.63, 3.8) is 0 Å². The van der Waals surface area contributed by atoms with Gasteiger partial charge in [0, 0.05) is 39.3 Å². The van der Waals surface area contributed by atoms with Crippen molar-refractivity contribution in [3.8, 4) is 0 Å². The number of amides is 2. The van der Waals surface area contributed by atoms with E-state index in [1.807, 2.05) is 9.80 Å². The molecule has 0 unspecified atom stereocenters. The van der Waals surface area contributed by atoms with Crippen molar-refractivity contribution in [2.45, 2.75) is 12.7 Å². The van der Waals surface area contributed by atoms with E-state index < -0.39 is 18.6 Å². The molecule has 0 aliphatic carbocycles. The minimum absolute atomic E-state index is 0.0534. The molecule has 0 aromatic carbocycles. The van der Waals surface area contributed by atoms with E-state index in [-0.39, 0.29) is 19.0 Å². The Kier molecular flexibility index (Phi) is 7.73. The molecule has 2 aliphatic rings. The molecule has 2 aliphatic heterocycles. The lowest BCUT2D eigenvalue weighted by Crippen LogP contribution is -2.53. The molecule has 2 amide bonds. The highest BCUT2D eigenvalue weighted by Crippen LogP contribution is 2.19. The average Bonchev–Trinajstić information content (AvgIpc) is 3.22. The van der Waals surface area contributed by atoms with Gasteiger partial charge in [-0.1, -0.05) is 0 Å². The van der Waals surface area contributed by atoms with Gasteiger partial charge in [-0.3, -0.25) is 19.4 Å². The Morgan fingerprint density at radius 2 is 1.63 bits per heavy atom. The molecule has 0 radical (unpaired) electrons. The Balaban J connectivity index is 1.46. The maximum atomic E-state index is 12.9. The van der Waals surface area contributed by atoms with Gasteiger partial charge in [0.15, 0.2) is 0 Å². The van der Waals surface area contributed by atoms with Crippen LogP contribution >= 0.6 is 0 Å². The lowest BCUT2D eigenvalue weighted by Gasteiger charge is -2.36. The number of ether oxygens (including phenoxy) is 1. The Bertz CT molecular complexity index is 684. The number of carbonyl (C=O) groups is 2. The van der Waals surface area contributed by atoms with E-state index in [0.29, 0.717) is 64.8 Å². The summed E-state index contributed by atoms with van der Waals surface area (Å²) in [4.78, 5) is 31.3. The number of hydrogen-bond donors (Lipinski definition) is 0. The minimum atomic E-state index is -4.49. The summed E-state index contributed by atoms with van der Waals surface area (Å²) in [5.41, 5.74) is 0. The third kappa shape index (κ3) is 6.99. The van der Waals surface area contributed by atoms with Gasteiger partial charge >= 0.3 is 6.18 Å². The van der Waals surface area contributed by atoms with Crippen molar-refractivity contribution < 1.29 is 31.9 Å². The number of piperazine rings is 1. The van der Waals surface area contributed by atoms with E-state index in [9.17, 15) is 22.8 Å². The number of furan rings is 1. The summed E-state index contributed by atoms with van der Waals surface area (Å²) in [6.45, 7) is 3.16. The second kappa shape index (κ2) is 10.3. The summed E-state index contributed by atoms with van der Waals surface area (Å²) >= 11 is 0. The van der Waals surface area contributed by atoms with Crippen molar-refractivity contribution in [2.75, 3.05) is 72.1 Å². The van der Waals surface area contributed by atoms with Gasteiger partial charge in [-0.15, -0.1) is 0 Å². The number of morpholine rings is 1. The number of nitrogens with zero attached hydrogens (tertiary/aromatic N) is 4. The zero-order valence-corrected chi connectivity index (χ0v) is 16.8. The minimum Gasteiger partial charge on any atom is -0.467 e. The molecule has 2 fully saturated rings. The summed E-state index contributed by atoms with van der Waals surface area (Å²) < 4.78 is 49.1. The number of carbonyl (C=O) groups excluding carboxylic acids is 2. The summed E-state index contributed by atoms with van der Waals surface area (Å²) in [7, 11) is 0. The van der Waals surface area contributed by atoms with Gasteiger partial charge in [0.2, 0.25) is 11.8 Å². The molecule has 0 spiro atoms. The van der Waals surface area contributed by atoms with E-state index in [1.165, 1.54) is 6.26 Å². The third-order valence-electron chi connectivity index (χ3n) is 5.20. The van der Waals surface area contributed by atoms with E-state index in [2.05, 4.69) is 0 Å². The number of hydrogen-bond acceptors (Lipinski definition) is 6. The van der Waals surface area contributed by atoms with Crippen LogP contribution in [-0.2, 0) is 20.9 Å². The van der Waals surface area contributed by atoms with Crippen LogP contribution < -0.4 is 0 Å². The zero-order chi connectivity index (χ0) is 21.6. The summed E-state index contributed by atoms with van der Waals surface area (Å²) in [6, 6.07) is 3.11. The van der Waals surface area contributed by atoms with Gasteiger partial charge < -0.3 is 19.0 Å². The number of halogens is 3. The molecule has 30 heavy (non-hydrogen) atoms. The first kappa shape index (κ1) is 22.6. The smallest absolute Gasteiger partial charge is 0.406 e. The molecule has 1 aromatic rings. The van der Waals surface area contributed by atoms with Gasteiger partial charge in [-0.05, 0) is 12.1 Å². The fraction of sp³-hybridized carbons (Fsp3) is 0.684. The Morgan fingerprint density at radius 3 is 2.20 bits per heavy atom. The molecule has 0 saturated carbocycles. The molecule has 0 atom stereocenters. The highest BCUT2D eigenvalue weighted by Gasteiger charge is 2.34. The Labute approximate surface area is 173 Å². The molecular formula is C19H27F3N4O4. The van der Waals surface area contributed by atoms with Gasteiger partial charge in [0.05, 0.1) is 39.1 Å². The molecule has 3 heterocycles. The fourth-order valence-corrected chi connectivity index (χ4v) is 3.54. The maximum absolute atomic E-state index is 12.9.